The Hall–Kier alpha value is -3.36. The van der Waals surface area contributed by atoms with Crippen LogP contribution in [0.4, 0.5) is 13.2 Å². The number of rotatable bonds is 5. The van der Waals surface area contributed by atoms with Crippen molar-refractivity contribution in [2.45, 2.75) is 31.5 Å². The van der Waals surface area contributed by atoms with Crippen molar-refractivity contribution in [2.75, 3.05) is 13.1 Å². The number of benzene rings is 2. The molecule has 9 heteroatoms. The third-order valence-electron chi connectivity index (χ3n) is 5.08. The van der Waals surface area contributed by atoms with Gasteiger partial charge in [-0.15, -0.1) is 10.2 Å². The maximum Gasteiger partial charge on any atom is 0.416 e. The van der Waals surface area contributed by atoms with Crippen LogP contribution in [-0.4, -0.2) is 34.1 Å². The molecule has 0 radical (unpaired) electrons. The van der Waals surface area contributed by atoms with Gasteiger partial charge in [-0.05, 0) is 43.2 Å². The molecule has 1 saturated heterocycles. The molecule has 0 spiro atoms. The molecule has 0 aliphatic carbocycles. The van der Waals surface area contributed by atoms with E-state index in [0.717, 1.165) is 18.6 Å². The van der Waals surface area contributed by atoms with Crippen molar-refractivity contribution in [1.82, 2.24) is 15.1 Å². The van der Waals surface area contributed by atoms with E-state index in [9.17, 15) is 18.0 Å². The summed E-state index contributed by atoms with van der Waals surface area (Å²) in [7, 11) is 0. The summed E-state index contributed by atoms with van der Waals surface area (Å²) in [5, 5.41) is 8.08. The third-order valence-corrected chi connectivity index (χ3v) is 5.08. The topological polar surface area (TPSA) is 68.5 Å². The Bertz CT molecular complexity index is 1040. The van der Waals surface area contributed by atoms with Gasteiger partial charge in [0.2, 0.25) is 5.89 Å². The second kappa shape index (κ2) is 8.79. The molecule has 1 amide bonds. The molecule has 1 aromatic heterocycles. The molecule has 4 rings (SSSR count). The SMILES string of the molecule is O=C(c1cccc(C(F)(F)F)c1)N1CCCC(c2nnc(COc3ccccc3)o2)C1. The van der Waals surface area contributed by atoms with Gasteiger partial charge in [-0.2, -0.15) is 13.2 Å². The Labute approximate surface area is 176 Å². The average molecular weight is 431 g/mol. The van der Waals surface area contributed by atoms with Crippen molar-refractivity contribution in [1.29, 1.82) is 0 Å². The number of ether oxygens (including phenoxy) is 1. The largest absolute Gasteiger partial charge is 0.484 e. The molecule has 2 heterocycles. The van der Waals surface area contributed by atoms with E-state index < -0.39 is 17.6 Å². The Kier molecular flexibility index (Phi) is 5.92. The Morgan fingerprint density at radius 3 is 2.71 bits per heavy atom. The Balaban J connectivity index is 1.41. The number of hydrogen-bond acceptors (Lipinski definition) is 5. The van der Waals surface area contributed by atoms with Crippen LogP contribution in [0, 0.1) is 0 Å². The van der Waals surface area contributed by atoms with Crippen LogP contribution in [0.3, 0.4) is 0 Å². The first-order chi connectivity index (χ1) is 14.9. The number of carbonyl (C=O) groups is 1. The lowest BCUT2D eigenvalue weighted by Gasteiger charge is -2.31. The van der Waals surface area contributed by atoms with E-state index in [1.54, 1.807) is 0 Å². The first-order valence-electron chi connectivity index (χ1n) is 9.87. The number of nitrogens with zero attached hydrogens (tertiary/aromatic N) is 3. The van der Waals surface area contributed by atoms with Crippen LogP contribution in [0.5, 0.6) is 5.75 Å². The summed E-state index contributed by atoms with van der Waals surface area (Å²) in [6.07, 6.45) is -3.07. The lowest BCUT2D eigenvalue weighted by atomic mass is 9.97. The van der Waals surface area contributed by atoms with Gasteiger partial charge in [0, 0.05) is 18.7 Å². The molecule has 3 aromatic rings. The van der Waals surface area contributed by atoms with E-state index in [4.69, 9.17) is 9.15 Å². The summed E-state index contributed by atoms with van der Waals surface area (Å²) < 4.78 is 50.2. The van der Waals surface area contributed by atoms with E-state index in [1.165, 1.54) is 17.0 Å². The van der Waals surface area contributed by atoms with Gasteiger partial charge in [-0.3, -0.25) is 4.79 Å². The Morgan fingerprint density at radius 1 is 1.13 bits per heavy atom. The zero-order chi connectivity index (χ0) is 21.8. The number of aromatic nitrogens is 2. The smallest absolute Gasteiger partial charge is 0.416 e. The number of likely N-dealkylation sites (tertiary alicyclic amines) is 1. The van der Waals surface area contributed by atoms with Gasteiger partial charge in [0.15, 0.2) is 6.61 Å². The number of hydrogen-bond donors (Lipinski definition) is 0. The minimum atomic E-state index is -4.50. The molecule has 1 unspecified atom stereocenters. The molecular weight excluding hydrogens is 411 g/mol. The molecular formula is C22H20F3N3O3. The van der Waals surface area contributed by atoms with Gasteiger partial charge < -0.3 is 14.1 Å². The monoisotopic (exact) mass is 431 g/mol. The molecule has 162 valence electrons. The fourth-order valence-electron chi connectivity index (χ4n) is 3.53. The van der Waals surface area contributed by atoms with Crippen LogP contribution < -0.4 is 4.74 Å². The molecule has 31 heavy (non-hydrogen) atoms. The van der Waals surface area contributed by atoms with Crippen molar-refractivity contribution >= 4 is 5.91 Å². The standard InChI is InChI=1S/C22H20F3N3O3/c23-22(24,25)17-8-4-6-15(12-17)21(29)28-11-5-7-16(13-28)20-27-26-19(31-20)14-30-18-9-2-1-3-10-18/h1-4,6,8-10,12,16H,5,7,11,13-14H2. The lowest BCUT2D eigenvalue weighted by Crippen LogP contribution is -2.39. The third kappa shape index (κ3) is 5.04. The van der Waals surface area contributed by atoms with Crippen molar-refractivity contribution in [3.63, 3.8) is 0 Å². The molecule has 6 nitrogen and oxygen atoms in total. The molecule has 1 atom stereocenters. The summed E-state index contributed by atoms with van der Waals surface area (Å²) in [5.74, 6) is 0.774. The average Bonchev–Trinajstić information content (AvgIpc) is 3.27. The van der Waals surface area contributed by atoms with E-state index >= 15 is 0 Å². The zero-order valence-corrected chi connectivity index (χ0v) is 16.5. The van der Waals surface area contributed by atoms with Crippen LogP contribution in [0.15, 0.2) is 59.0 Å². The maximum absolute atomic E-state index is 13.0. The predicted molar refractivity (Wildman–Crippen MR) is 104 cm³/mol. The molecule has 0 saturated carbocycles. The highest BCUT2D eigenvalue weighted by Gasteiger charge is 2.33. The highest BCUT2D eigenvalue weighted by molar-refractivity contribution is 5.94. The van der Waals surface area contributed by atoms with E-state index in [0.29, 0.717) is 37.0 Å². The molecule has 1 fully saturated rings. The summed E-state index contributed by atoms with van der Waals surface area (Å²) >= 11 is 0. The highest BCUT2D eigenvalue weighted by atomic mass is 19.4. The van der Waals surface area contributed by atoms with Gasteiger partial charge in [0.1, 0.15) is 5.75 Å². The summed E-state index contributed by atoms with van der Waals surface area (Å²) in [6, 6.07) is 13.7. The highest BCUT2D eigenvalue weighted by Crippen LogP contribution is 2.31. The van der Waals surface area contributed by atoms with Gasteiger partial charge in [0.25, 0.3) is 11.8 Å². The van der Waals surface area contributed by atoms with Gasteiger partial charge >= 0.3 is 6.18 Å². The van der Waals surface area contributed by atoms with E-state index in [-0.39, 0.29) is 18.1 Å². The maximum atomic E-state index is 13.0. The zero-order valence-electron chi connectivity index (χ0n) is 16.5. The minimum Gasteiger partial charge on any atom is -0.484 e. The van der Waals surface area contributed by atoms with E-state index in [1.807, 2.05) is 30.3 Å². The van der Waals surface area contributed by atoms with Crippen LogP contribution >= 0.6 is 0 Å². The first-order valence-corrected chi connectivity index (χ1v) is 9.87. The van der Waals surface area contributed by atoms with Crippen LogP contribution in [0.2, 0.25) is 0 Å². The fraction of sp³-hybridized carbons (Fsp3) is 0.318. The van der Waals surface area contributed by atoms with Crippen LogP contribution in [-0.2, 0) is 12.8 Å². The van der Waals surface area contributed by atoms with Gasteiger partial charge in [-0.1, -0.05) is 24.3 Å². The fourth-order valence-corrected chi connectivity index (χ4v) is 3.53. The second-order valence-corrected chi connectivity index (χ2v) is 7.30. The molecule has 1 aliphatic rings. The Morgan fingerprint density at radius 2 is 1.94 bits per heavy atom. The van der Waals surface area contributed by atoms with Crippen LogP contribution in [0.25, 0.3) is 0 Å². The van der Waals surface area contributed by atoms with Crippen molar-refractivity contribution in [2.24, 2.45) is 0 Å². The van der Waals surface area contributed by atoms with E-state index in [2.05, 4.69) is 10.2 Å². The number of carbonyl (C=O) groups excluding carboxylic acids is 1. The second-order valence-electron chi connectivity index (χ2n) is 7.30. The van der Waals surface area contributed by atoms with Crippen molar-refractivity contribution in [3.8, 4) is 5.75 Å². The van der Waals surface area contributed by atoms with Crippen molar-refractivity contribution < 1.29 is 27.1 Å². The number of piperidine rings is 1. The molecule has 0 bridgehead atoms. The molecule has 1 aliphatic heterocycles. The number of amides is 1. The van der Waals surface area contributed by atoms with Gasteiger partial charge in [0.05, 0.1) is 11.5 Å². The normalized spacial score (nSPS) is 16.9. The first kappa shape index (κ1) is 20.9. The summed E-state index contributed by atoms with van der Waals surface area (Å²) in [4.78, 5) is 14.3. The lowest BCUT2D eigenvalue weighted by molar-refractivity contribution is -0.137. The number of para-hydroxylation sites is 1. The summed E-state index contributed by atoms with van der Waals surface area (Å²) in [5.41, 5.74) is -0.829. The minimum absolute atomic E-state index is 0.0120. The van der Waals surface area contributed by atoms with Crippen molar-refractivity contribution in [3.05, 3.63) is 77.5 Å². The van der Waals surface area contributed by atoms with Crippen LogP contribution in [0.1, 0.15) is 46.5 Å². The van der Waals surface area contributed by atoms with Gasteiger partial charge in [-0.25, -0.2) is 0 Å². The predicted octanol–water partition coefficient (Wildman–Crippen LogP) is 4.69. The molecule has 0 N–H and O–H groups in total. The molecule has 2 aromatic carbocycles. The quantitative estimate of drug-likeness (QED) is 0.587. The summed E-state index contributed by atoms with van der Waals surface area (Å²) in [6.45, 7) is 0.885. The number of alkyl halides is 3. The number of halogens is 3.